The van der Waals surface area contributed by atoms with Gasteiger partial charge in [-0.05, 0) is 37.3 Å². The van der Waals surface area contributed by atoms with Crippen LogP contribution in [-0.2, 0) is 6.54 Å². The van der Waals surface area contributed by atoms with Gasteiger partial charge in [-0.1, -0.05) is 0 Å². The summed E-state index contributed by atoms with van der Waals surface area (Å²) in [5.74, 6) is 1.23. The fraction of sp³-hybridized carbons (Fsp3) is 0.348. The Labute approximate surface area is 183 Å². The summed E-state index contributed by atoms with van der Waals surface area (Å²) in [5.41, 5.74) is 0.888. The third kappa shape index (κ3) is 3.53. The zero-order valence-corrected chi connectivity index (χ0v) is 17.7. The summed E-state index contributed by atoms with van der Waals surface area (Å²) in [6, 6.07) is 9.02. The number of rotatable bonds is 3. The van der Waals surface area contributed by atoms with Gasteiger partial charge in [-0.2, -0.15) is 0 Å². The molecule has 0 radical (unpaired) electrons. The number of aromatic nitrogens is 2. The Morgan fingerprint density at radius 1 is 1.03 bits per heavy atom. The smallest absolute Gasteiger partial charge is 0.262 e. The number of nitrogens with zero attached hydrogens (tertiary/aromatic N) is 4. The maximum absolute atomic E-state index is 13.2. The zero-order valence-electron chi connectivity index (χ0n) is 17.7. The second-order valence-corrected chi connectivity index (χ2v) is 7.76. The number of piperazine rings is 1. The summed E-state index contributed by atoms with van der Waals surface area (Å²) >= 11 is 0. The monoisotopic (exact) mass is 438 g/mol. The lowest BCUT2D eigenvalue weighted by molar-refractivity contribution is 0.0746. The molecule has 0 saturated carbocycles. The van der Waals surface area contributed by atoms with Crippen LogP contribution in [0.2, 0.25) is 0 Å². The van der Waals surface area contributed by atoms with Gasteiger partial charge in [0.1, 0.15) is 19.0 Å². The van der Waals surface area contributed by atoms with E-state index in [4.69, 9.17) is 14.5 Å². The van der Waals surface area contributed by atoms with Crippen LogP contribution in [0.15, 0.2) is 41.2 Å². The minimum atomic E-state index is -0.371. The molecule has 0 atom stereocenters. The molecule has 166 valence electrons. The first kappa shape index (κ1) is 20.3. The van der Waals surface area contributed by atoms with Gasteiger partial charge in [0, 0.05) is 44.4 Å². The van der Waals surface area contributed by atoms with Crippen molar-refractivity contribution < 1.29 is 18.7 Å². The van der Waals surface area contributed by atoms with E-state index >= 15 is 0 Å². The maximum Gasteiger partial charge on any atom is 0.262 e. The zero-order chi connectivity index (χ0) is 22.2. The van der Waals surface area contributed by atoms with Crippen molar-refractivity contribution in [3.8, 4) is 11.5 Å². The van der Waals surface area contributed by atoms with E-state index in [9.17, 15) is 14.0 Å². The van der Waals surface area contributed by atoms with Crippen molar-refractivity contribution in [2.45, 2.75) is 13.5 Å². The third-order valence-corrected chi connectivity index (χ3v) is 5.86. The first-order valence-corrected chi connectivity index (χ1v) is 10.7. The maximum atomic E-state index is 13.2. The molecule has 2 aliphatic heterocycles. The second kappa shape index (κ2) is 8.14. The first-order chi connectivity index (χ1) is 15.5. The lowest BCUT2D eigenvalue weighted by atomic mass is 10.1. The van der Waals surface area contributed by atoms with E-state index in [1.165, 1.54) is 24.3 Å². The van der Waals surface area contributed by atoms with Crippen LogP contribution in [0.25, 0.3) is 10.9 Å². The minimum Gasteiger partial charge on any atom is -0.486 e. The molecule has 8 nitrogen and oxygen atoms in total. The average molecular weight is 438 g/mol. The van der Waals surface area contributed by atoms with Gasteiger partial charge in [-0.25, -0.2) is 9.37 Å². The molecule has 0 unspecified atom stereocenters. The molecule has 0 aliphatic carbocycles. The highest BCUT2D eigenvalue weighted by Crippen LogP contribution is 2.33. The van der Waals surface area contributed by atoms with Gasteiger partial charge < -0.3 is 19.3 Å². The molecule has 9 heteroatoms. The Hall–Kier alpha value is -3.62. The molecular formula is C23H23FN4O4. The molecule has 3 heterocycles. The molecule has 5 rings (SSSR count). The molecular weight excluding hydrogens is 415 g/mol. The topological polar surface area (TPSA) is 76.9 Å². The molecule has 1 aromatic heterocycles. The fourth-order valence-corrected chi connectivity index (χ4v) is 4.16. The first-order valence-electron chi connectivity index (χ1n) is 10.7. The predicted molar refractivity (Wildman–Crippen MR) is 117 cm³/mol. The Morgan fingerprint density at radius 3 is 2.34 bits per heavy atom. The van der Waals surface area contributed by atoms with E-state index in [2.05, 4.69) is 0 Å². The molecule has 0 bridgehead atoms. The molecule has 32 heavy (non-hydrogen) atoms. The Balaban J connectivity index is 1.41. The van der Waals surface area contributed by atoms with Crippen LogP contribution in [0.1, 0.15) is 17.3 Å². The highest BCUT2D eigenvalue weighted by molar-refractivity contribution is 5.94. The summed E-state index contributed by atoms with van der Waals surface area (Å²) in [6.07, 6.45) is 0. The van der Waals surface area contributed by atoms with Crippen molar-refractivity contribution >= 4 is 22.8 Å². The summed E-state index contributed by atoms with van der Waals surface area (Å²) in [6.45, 7) is 5.33. The number of amides is 1. The number of anilines is 1. The molecule has 0 spiro atoms. The molecule has 1 fully saturated rings. The SMILES string of the molecule is CCn1c(N2CCN(C(=O)c3ccc(F)cc3)CC2)nc2cc3c(cc2c1=O)OCCO3. The fourth-order valence-electron chi connectivity index (χ4n) is 4.16. The van der Waals surface area contributed by atoms with Crippen molar-refractivity contribution in [2.75, 3.05) is 44.3 Å². The lowest BCUT2D eigenvalue weighted by Crippen LogP contribution is -2.50. The number of carbonyl (C=O) groups is 1. The number of carbonyl (C=O) groups excluding carboxylic acids is 1. The van der Waals surface area contributed by atoms with E-state index in [1.54, 1.807) is 21.6 Å². The number of benzene rings is 2. The van der Waals surface area contributed by atoms with E-state index in [-0.39, 0.29) is 17.3 Å². The van der Waals surface area contributed by atoms with Crippen LogP contribution in [-0.4, -0.2) is 59.8 Å². The van der Waals surface area contributed by atoms with E-state index in [0.29, 0.717) is 79.9 Å². The molecule has 1 amide bonds. The van der Waals surface area contributed by atoms with Gasteiger partial charge in [-0.15, -0.1) is 0 Å². The number of ether oxygens (including phenoxy) is 2. The summed E-state index contributed by atoms with van der Waals surface area (Å²) in [7, 11) is 0. The number of hydrogen-bond donors (Lipinski definition) is 0. The van der Waals surface area contributed by atoms with Crippen molar-refractivity contribution in [1.29, 1.82) is 0 Å². The minimum absolute atomic E-state index is 0.130. The van der Waals surface area contributed by atoms with Crippen LogP contribution >= 0.6 is 0 Å². The molecule has 3 aromatic rings. The van der Waals surface area contributed by atoms with E-state index in [0.717, 1.165) is 0 Å². The van der Waals surface area contributed by atoms with Crippen LogP contribution in [0.4, 0.5) is 10.3 Å². The summed E-state index contributed by atoms with van der Waals surface area (Å²) < 4.78 is 26.1. The summed E-state index contributed by atoms with van der Waals surface area (Å²) in [4.78, 5) is 34.5. The predicted octanol–water partition coefficient (Wildman–Crippen LogP) is 2.29. The quantitative estimate of drug-likeness (QED) is 0.625. The average Bonchev–Trinajstić information content (AvgIpc) is 2.83. The number of halogens is 1. The van der Waals surface area contributed by atoms with Gasteiger partial charge >= 0.3 is 0 Å². The molecule has 0 N–H and O–H groups in total. The highest BCUT2D eigenvalue weighted by atomic mass is 19.1. The van der Waals surface area contributed by atoms with Crippen molar-refractivity contribution in [3.63, 3.8) is 0 Å². The van der Waals surface area contributed by atoms with Crippen LogP contribution in [0.5, 0.6) is 11.5 Å². The lowest BCUT2D eigenvalue weighted by Gasteiger charge is -2.36. The van der Waals surface area contributed by atoms with Gasteiger partial charge in [0.25, 0.3) is 11.5 Å². The summed E-state index contributed by atoms with van der Waals surface area (Å²) in [5, 5.41) is 0.491. The van der Waals surface area contributed by atoms with E-state index < -0.39 is 0 Å². The van der Waals surface area contributed by atoms with Crippen molar-refractivity contribution in [1.82, 2.24) is 14.5 Å². The number of hydrogen-bond acceptors (Lipinski definition) is 6. The van der Waals surface area contributed by atoms with Crippen LogP contribution < -0.4 is 19.9 Å². The largest absolute Gasteiger partial charge is 0.486 e. The normalized spacial score (nSPS) is 15.8. The van der Waals surface area contributed by atoms with Crippen LogP contribution in [0, 0.1) is 5.82 Å². The second-order valence-electron chi connectivity index (χ2n) is 7.76. The molecule has 2 aliphatic rings. The van der Waals surface area contributed by atoms with Gasteiger partial charge in [0.05, 0.1) is 10.9 Å². The standard InChI is InChI=1S/C23H23FN4O4/c1-2-28-22(30)17-13-19-20(32-12-11-31-19)14-18(17)25-23(28)27-9-7-26(8-10-27)21(29)15-3-5-16(24)6-4-15/h3-6,13-14H,2,7-12H2,1H3. The van der Waals surface area contributed by atoms with Crippen molar-refractivity contribution in [2.24, 2.45) is 0 Å². The Kier molecular flexibility index (Phi) is 5.16. The highest BCUT2D eigenvalue weighted by Gasteiger charge is 2.26. The number of fused-ring (bicyclic) bond motifs is 2. The molecule has 1 saturated heterocycles. The Morgan fingerprint density at radius 2 is 1.69 bits per heavy atom. The Bertz CT molecular complexity index is 1230. The van der Waals surface area contributed by atoms with Crippen molar-refractivity contribution in [3.05, 3.63) is 58.1 Å². The van der Waals surface area contributed by atoms with Crippen LogP contribution in [0.3, 0.4) is 0 Å². The molecule has 2 aromatic carbocycles. The van der Waals surface area contributed by atoms with Gasteiger partial charge in [0.2, 0.25) is 5.95 Å². The third-order valence-electron chi connectivity index (χ3n) is 5.86. The van der Waals surface area contributed by atoms with Gasteiger partial charge in [0.15, 0.2) is 11.5 Å². The van der Waals surface area contributed by atoms with E-state index in [1.807, 2.05) is 11.8 Å². The van der Waals surface area contributed by atoms with Gasteiger partial charge in [-0.3, -0.25) is 14.2 Å².